The molecule has 21 heavy (non-hydrogen) atoms. The van der Waals surface area contributed by atoms with Gasteiger partial charge in [0.1, 0.15) is 5.69 Å². The molecule has 1 heterocycles. The van der Waals surface area contributed by atoms with Crippen LogP contribution in [-0.4, -0.2) is 24.1 Å². The van der Waals surface area contributed by atoms with Gasteiger partial charge in [-0.2, -0.15) is 0 Å². The lowest BCUT2D eigenvalue weighted by Crippen LogP contribution is -2.19. The van der Waals surface area contributed by atoms with Gasteiger partial charge in [0, 0.05) is 17.1 Å². The lowest BCUT2D eigenvalue weighted by Gasteiger charge is -2.07. The van der Waals surface area contributed by atoms with Gasteiger partial charge in [-0.1, -0.05) is 6.07 Å². The number of aromatic nitrogens is 1. The Morgan fingerprint density at radius 3 is 2.71 bits per heavy atom. The first-order chi connectivity index (χ1) is 10.1. The molecule has 0 aliphatic heterocycles. The van der Waals surface area contributed by atoms with Crippen molar-refractivity contribution in [2.45, 2.75) is 6.54 Å². The number of amides is 2. The number of primary amides is 1. The highest BCUT2D eigenvalue weighted by molar-refractivity contribution is 5.88. The van der Waals surface area contributed by atoms with E-state index in [1.165, 1.54) is 7.11 Å². The Morgan fingerprint density at radius 2 is 2.00 bits per heavy atom. The molecule has 0 unspecified atom stereocenters. The van der Waals surface area contributed by atoms with Gasteiger partial charge in [0.05, 0.1) is 13.7 Å². The first-order valence-electron chi connectivity index (χ1n) is 6.25. The molecule has 0 aliphatic rings. The summed E-state index contributed by atoms with van der Waals surface area (Å²) in [7, 11) is 1.33. The Morgan fingerprint density at radius 1 is 1.24 bits per heavy atom. The number of carbonyl (C=O) groups is 2. The largest absolute Gasteiger partial charge is 0.464 e. The molecule has 2 rings (SSSR count). The van der Waals surface area contributed by atoms with Gasteiger partial charge >= 0.3 is 12.0 Å². The summed E-state index contributed by atoms with van der Waals surface area (Å²) in [5.74, 6) is -0.408. The van der Waals surface area contributed by atoms with Gasteiger partial charge < -0.3 is 26.1 Å². The minimum Gasteiger partial charge on any atom is -0.464 e. The second-order valence-electron chi connectivity index (χ2n) is 4.31. The van der Waals surface area contributed by atoms with Crippen molar-refractivity contribution in [3.8, 4) is 0 Å². The number of ether oxygens (including phenoxy) is 1. The minimum absolute atomic E-state index is 0.401. The Bertz CT molecular complexity index is 651. The van der Waals surface area contributed by atoms with Crippen molar-refractivity contribution < 1.29 is 14.3 Å². The normalized spacial score (nSPS) is 9.95. The fourth-order valence-corrected chi connectivity index (χ4v) is 1.82. The molecule has 0 spiro atoms. The molecule has 0 saturated heterocycles. The van der Waals surface area contributed by atoms with Crippen molar-refractivity contribution in [1.82, 2.24) is 4.98 Å². The van der Waals surface area contributed by atoms with Crippen molar-refractivity contribution in [3.63, 3.8) is 0 Å². The molecular weight excluding hydrogens is 272 g/mol. The van der Waals surface area contributed by atoms with Crippen LogP contribution in [0.15, 0.2) is 36.4 Å². The fraction of sp³-hybridized carbons (Fsp3) is 0.143. The topological polar surface area (TPSA) is 109 Å². The third-order valence-corrected chi connectivity index (χ3v) is 2.76. The molecule has 2 amide bonds. The van der Waals surface area contributed by atoms with Crippen molar-refractivity contribution in [3.05, 3.63) is 47.8 Å². The van der Waals surface area contributed by atoms with Gasteiger partial charge in [-0.25, -0.2) is 9.59 Å². The Hall–Kier alpha value is -2.96. The van der Waals surface area contributed by atoms with E-state index in [1.807, 2.05) is 6.07 Å². The number of methoxy groups -OCH3 is 1. The number of aromatic amines is 1. The Kier molecular flexibility index (Phi) is 4.45. The number of rotatable bonds is 5. The number of hydrogen-bond donors (Lipinski definition) is 4. The van der Waals surface area contributed by atoms with Crippen LogP contribution in [0.25, 0.3) is 0 Å². The Balaban J connectivity index is 1.98. The van der Waals surface area contributed by atoms with Crippen LogP contribution in [0.5, 0.6) is 0 Å². The quantitative estimate of drug-likeness (QED) is 0.630. The number of benzene rings is 1. The van der Waals surface area contributed by atoms with Gasteiger partial charge in [-0.3, -0.25) is 0 Å². The second-order valence-corrected chi connectivity index (χ2v) is 4.31. The number of anilines is 2. The molecule has 0 saturated carbocycles. The van der Waals surface area contributed by atoms with Crippen LogP contribution in [0.3, 0.4) is 0 Å². The van der Waals surface area contributed by atoms with E-state index in [1.54, 1.807) is 30.3 Å². The van der Waals surface area contributed by atoms with E-state index in [9.17, 15) is 9.59 Å². The standard InChI is InChI=1S/C14H16N4O3/c1-21-13(19)12-6-5-11(17-12)8-16-9-3-2-4-10(7-9)18-14(15)20/h2-7,16-17H,8H2,1H3,(H3,15,18,20). The van der Waals surface area contributed by atoms with Crippen LogP contribution in [0.1, 0.15) is 16.2 Å². The minimum atomic E-state index is -0.612. The molecule has 110 valence electrons. The van der Waals surface area contributed by atoms with Gasteiger partial charge in [0.2, 0.25) is 0 Å². The van der Waals surface area contributed by atoms with Crippen LogP contribution in [-0.2, 0) is 11.3 Å². The molecule has 0 aliphatic carbocycles. The SMILES string of the molecule is COC(=O)c1ccc(CNc2cccc(NC(N)=O)c2)[nH]1. The number of nitrogens with two attached hydrogens (primary N) is 1. The van der Waals surface area contributed by atoms with Crippen molar-refractivity contribution in [1.29, 1.82) is 0 Å². The van der Waals surface area contributed by atoms with E-state index in [0.29, 0.717) is 17.9 Å². The highest BCUT2D eigenvalue weighted by Crippen LogP contribution is 2.16. The molecule has 1 aromatic heterocycles. The summed E-state index contributed by atoms with van der Waals surface area (Å²) in [6, 6.07) is 9.99. The third-order valence-electron chi connectivity index (χ3n) is 2.76. The lowest BCUT2D eigenvalue weighted by atomic mass is 10.2. The molecule has 7 heteroatoms. The molecule has 7 nitrogen and oxygen atoms in total. The van der Waals surface area contributed by atoms with E-state index in [0.717, 1.165) is 11.4 Å². The average molecular weight is 288 g/mol. The zero-order valence-electron chi connectivity index (χ0n) is 11.5. The van der Waals surface area contributed by atoms with E-state index >= 15 is 0 Å². The average Bonchev–Trinajstić information content (AvgIpc) is 2.93. The maximum absolute atomic E-state index is 11.3. The first kappa shape index (κ1) is 14.4. The summed E-state index contributed by atoms with van der Waals surface area (Å²) in [4.78, 5) is 25.1. The fourth-order valence-electron chi connectivity index (χ4n) is 1.82. The van der Waals surface area contributed by atoms with Crippen LogP contribution in [0, 0.1) is 0 Å². The Labute approximate surface area is 121 Å². The van der Waals surface area contributed by atoms with Gasteiger partial charge in [-0.05, 0) is 30.3 Å². The second kappa shape index (κ2) is 6.47. The van der Waals surface area contributed by atoms with Gasteiger partial charge in [-0.15, -0.1) is 0 Å². The van der Waals surface area contributed by atoms with Gasteiger partial charge in [0.25, 0.3) is 0 Å². The summed E-state index contributed by atoms with van der Waals surface area (Å²) in [6.07, 6.45) is 0. The number of carbonyl (C=O) groups excluding carboxylic acids is 2. The van der Waals surface area contributed by atoms with Crippen molar-refractivity contribution >= 4 is 23.4 Å². The van der Waals surface area contributed by atoms with E-state index in [-0.39, 0.29) is 0 Å². The monoisotopic (exact) mass is 288 g/mol. The number of urea groups is 1. The summed E-state index contributed by atoms with van der Waals surface area (Å²) < 4.78 is 4.62. The molecule has 1 aromatic carbocycles. The molecule has 0 fully saturated rings. The number of esters is 1. The van der Waals surface area contributed by atoms with Crippen LogP contribution in [0.2, 0.25) is 0 Å². The van der Waals surface area contributed by atoms with Crippen molar-refractivity contribution in [2.24, 2.45) is 5.73 Å². The zero-order valence-corrected chi connectivity index (χ0v) is 11.5. The highest BCUT2D eigenvalue weighted by atomic mass is 16.5. The molecule has 0 atom stereocenters. The molecular formula is C14H16N4O3. The highest BCUT2D eigenvalue weighted by Gasteiger charge is 2.07. The third kappa shape index (κ3) is 4.00. The summed E-state index contributed by atoms with van der Waals surface area (Å²) >= 11 is 0. The van der Waals surface area contributed by atoms with Crippen LogP contribution >= 0.6 is 0 Å². The van der Waals surface area contributed by atoms with E-state index in [4.69, 9.17) is 5.73 Å². The number of nitrogens with one attached hydrogen (secondary N) is 3. The maximum Gasteiger partial charge on any atom is 0.354 e. The predicted octanol–water partition coefficient (Wildman–Crippen LogP) is 1.90. The smallest absolute Gasteiger partial charge is 0.354 e. The maximum atomic E-state index is 11.3. The number of H-pyrrole nitrogens is 1. The predicted molar refractivity (Wildman–Crippen MR) is 79.1 cm³/mol. The summed E-state index contributed by atoms with van der Waals surface area (Å²) in [5, 5.41) is 5.67. The van der Waals surface area contributed by atoms with Crippen LogP contribution in [0.4, 0.5) is 16.2 Å². The number of hydrogen-bond acceptors (Lipinski definition) is 4. The molecule has 0 radical (unpaired) electrons. The van der Waals surface area contributed by atoms with Crippen LogP contribution < -0.4 is 16.4 Å². The lowest BCUT2D eigenvalue weighted by molar-refractivity contribution is 0.0594. The molecule has 2 aromatic rings. The molecule has 5 N–H and O–H groups in total. The summed E-state index contributed by atoms with van der Waals surface area (Å²) in [5.41, 5.74) is 7.72. The first-order valence-corrected chi connectivity index (χ1v) is 6.25. The van der Waals surface area contributed by atoms with E-state index < -0.39 is 12.0 Å². The molecule has 0 bridgehead atoms. The van der Waals surface area contributed by atoms with Gasteiger partial charge in [0.15, 0.2) is 0 Å². The summed E-state index contributed by atoms with van der Waals surface area (Å²) in [6.45, 7) is 0.497. The zero-order chi connectivity index (χ0) is 15.2. The van der Waals surface area contributed by atoms with Crippen molar-refractivity contribution in [2.75, 3.05) is 17.7 Å². The van der Waals surface area contributed by atoms with E-state index in [2.05, 4.69) is 20.4 Å².